The quantitative estimate of drug-likeness (QED) is 0.648. The molecule has 4 rings (SSSR count). The molecule has 1 aliphatic heterocycles. The predicted molar refractivity (Wildman–Crippen MR) is 109 cm³/mol. The maximum Gasteiger partial charge on any atom is 0.132 e. The molecule has 0 atom stereocenters. The molecule has 1 aliphatic rings. The van der Waals surface area contributed by atoms with E-state index in [1.54, 1.807) is 14.2 Å². The first kappa shape index (κ1) is 16.9. The van der Waals surface area contributed by atoms with Crippen LogP contribution in [0.4, 0.5) is 5.69 Å². The largest absolute Gasteiger partial charge is 0.496 e. The average Bonchev–Trinajstić information content (AvgIpc) is 2.66. The van der Waals surface area contributed by atoms with Crippen molar-refractivity contribution in [1.82, 2.24) is 0 Å². The standard InChI is InChI=1S/C21H19BrN2O2/c1-25-20-15-5-3-4-6-16(15)21(26-2)18-12-24(19(23)11-17(18)20)14-9-7-13(22)8-10-14/h3-10,23H,11-12H2,1-2H3. The number of anilines is 1. The Morgan fingerprint density at radius 2 is 1.46 bits per heavy atom. The van der Waals surface area contributed by atoms with Gasteiger partial charge in [0.15, 0.2) is 0 Å². The monoisotopic (exact) mass is 410 g/mol. The summed E-state index contributed by atoms with van der Waals surface area (Å²) >= 11 is 3.47. The molecule has 132 valence electrons. The minimum atomic E-state index is 0.510. The van der Waals surface area contributed by atoms with Gasteiger partial charge < -0.3 is 14.4 Å². The molecule has 0 spiro atoms. The molecule has 0 amide bonds. The summed E-state index contributed by atoms with van der Waals surface area (Å²) in [6, 6.07) is 16.1. The number of methoxy groups -OCH3 is 2. The van der Waals surface area contributed by atoms with Crippen molar-refractivity contribution in [3.8, 4) is 11.5 Å². The van der Waals surface area contributed by atoms with Gasteiger partial charge in [-0.15, -0.1) is 0 Å². The molecule has 5 heteroatoms. The molecular formula is C21H19BrN2O2. The van der Waals surface area contributed by atoms with Gasteiger partial charge in [-0.1, -0.05) is 40.2 Å². The van der Waals surface area contributed by atoms with Gasteiger partial charge in [0.25, 0.3) is 0 Å². The number of rotatable bonds is 3. The van der Waals surface area contributed by atoms with E-state index < -0.39 is 0 Å². The molecule has 1 heterocycles. The topological polar surface area (TPSA) is 45.6 Å². The third kappa shape index (κ3) is 2.63. The zero-order valence-electron chi connectivity index (χ0n) is 14.7. The summed E-state index contributed by atoms with van der Waals surface area (Å²) in [7, 11) is 3.40. The molecule has 0 saturated carbocycles. The number of halogens is 1. The van der Waals surface area contributed by atoms with Crippen LogP contribution < -0.4 is 14.4 Å². The Balaban J connectivity index is 1.92. The van der Waals surface area contributed by atoms with E-state index in [4.69, 9.17) is 14.9 Å². The zero-order chi connectivity index (χ0) is 18.3. The van der Waals surface area contributed by atoms with E-state index in [1.807, 2.05) is 47.4 Å². The molecule has 0 aromatic heterocycles. The van der Waals surface area contributed by atoms with Crippen LogP contribution in [-0.4, -0.2) is 20.1 Å². The van der Waals surface area contributed by atoms with Gasteiger partial charge in [0.05, 0.1) is 20.8 Å². The fraction of sp³-hybridized carbons (Fsp3) is 0.190. The van der Waals surface area contributed by atoms with Crippen molar-refractivity contribution in [2.45, 2.75) is 13.0 Å². The summed E-state index contributed by atoms with van der Waals surface area (Å²) in [5.74, 6) is 2.26. The molecule has 0 aliphatic carbocycles. The molecule has 3 aromatic rings. The van der Waals surface area contributed by atoms with Crippen LogP contribution in [0.5, 0.6) is 11.5 Å². The fourth-order valence-corrected chi connectivity index (χ4v) is 3.95. The first-order valence-corrected chi connectivity index (χ1v) is 9.18. The second kappa shape index (κ2) is 6.65. The third-order valence-corrected chi connectivity index (χ3v) is 5.39. The highest BCUT2D eigenvalue weighted by atomic mass is 79.9. The van der Waals surface area contributed by atoms with Gasteiger partial charge in [-0.05, 0) is 24.3 Å². The fourth-order valence-electron chi connectivity index (χ4n) is 3.68. The lowest BCUT2D eigenvalue weighted by Gasteiger charge is -2.33. The average molecular weight is 411 g/mol. The summed E-state index contributed by atoms with van der Waals surface area (Å²) in [6.07, 6.45) is 0.510. The minimum absolute atomic E-state index is 0.510. The van der Waals surface area contributed by atoms with Crippen molar-refractivity contribution < 1.29 is 9.47 Å². The lowest BCUT2D eigenvalue weighted by Crippen LogP contribution is -2.36. The van der Waals surface area contributed by atoms with Crippen molar-refractivity contribution in [2.24, 2.45) is 0 Å². The van der Waals surface area contributed by atoms with E-state index in [9.17, 15) is 0 Å². The number of ether oxygens (including phenoxy) is 2. The van der Waals surface area contributed by atoms with Crippen molar-refractivity contribution in [3.05, 3.63) is 64.1 Å². The molecule has 0 radical (unpaired) electrons. The highest BCUT2D eigenvalue weighted by molar-refractivity contribution is 9.10. The van der Waals surface area contributed by atoms with E-state index >= 15 is 0 Å². The van der Waals surface area contributed by atoms with E-state index in [1.165, 1.54) is 0 Å². The summed E-state index contributed by atoms with van der Waals surface area (Å²) in [6.45, 7) is 0.583. The van der Waals surface area contributed by atoms with Crippen molar-refractivity contribution in [3.63, 3.8) is 0 Å². The van der Waals surface area contributed by atoms with Crippen LogP contribution in [0.25, 0.3) is 10.8 Å². The maximum absolute atomic E-state index is 8.59. The van der Waals surface area contributed by atoms with Crippen molar-refractivity contribution >= 4 is 38.2 Å². The van der Waals surface area contributed by atoms with Crippen LogP contribution in [0.2, 0.25) is 0 Å². The van der Waals surface area contributed by atoms with Crippen LogP contribution in [0.1, 0.15) is 11.1 Å². The Morgan fingerprint density at radius 3 is 2.04 bits per heavy atom. The summed E-state index contributed by atoms with van der Waals surface area (Å²) in [4.78, 5) is 2.02. The highest BCUT2D eigenvalue weighted by Gasteiger charge is 2.29. The Bertz CT molecular complexity index is 999. The number of hydrogen-bond donors (Lipinski definition) is 1. The molecule has 3 aromatic carbocycles. The second-order valence-corrected chi connectivity index (χ2v) is 7.17. The van der Waals surface area contributed by atoms with Gasteiger partial charge in [0, 0.05) is 38.5 Å². The Labute approximate surface area is 161 Å². The van der Waals surface area contributed by atoms with Crippen LogP contribution in [0.15, 0.2) is 53.0 Å². The second-order valence-electron chi connectivity index (χ2n) is 6.26. The lowest BCUT2D eigenvalue weighted by atomic mass is 9.91. The number of fused-ring (bicyclic) bond motifs is 2. The number of nitrogens with one attached hydrogen (secondary N) is 1. The van der Waals surface area contributed by atoms with Gasteiger partial charge in [0.2, 0.25) is 0 Å². The van der Waals surface area contributed by atoms with E-state index in [0.29, 0.717) is 18.8 Å². The molecule has 26 heavy (non-hydrogen) atoms. The third-order valence-electron chi connectivity index (χ3n) is 4.86. The van der Waals surface area contributed by atoms with E-state index in [-0.39, 0.29) is 0 Å². The number of benzene rings is 3. The van der Waals surface area contributed by atoms with Crippen LogP contribution in [0, 0.1) is 5.41 Å². The van der Waals surface area contributed by atoms with Gasteiger partial charge in [-0.3, -0.25) is 5.41 Å². The molecule has 4 nitrogen and oxygen atoms in total. The van der Waals surface area contributed by atoms with Crippen LogP contribution in [0.3, 0.4) is 0 Å². The first-order valence-electron chi connectivity index (χ1n) is 8.39. The number of amidine groups is 1. The Hall–Kier alpha value is -2.53. The highest BCUT2D eigenvalue weighted by Crippen LogP contribution is 2.44. The zero-order valence-corrected chi connectivity index (χ0v) is 16.3. The number of nitrogens with zero attached hydrogens (tertiary/aromatic N) is 1. The van der Waals surface area contributed by atoms with Crippen molar-refractivity contribution in [2.75, 3.05) is 19.1 Å². The summed E-state index contributed by atoms with van der Waals surface area (Å²) in [5.41, 5.74) is 3.13. The number of hydrogen-bond acceptors (Lipinski definition) is 3. The molecule has 0 bridgehead atoms. The van der Waals surface area contributed by atoms with E-state index in [0.717, 1.165) is 43.6 Å². The molecule has 0 saturated heterocycles. The molecular weight excluding hydrogens is 392 g/mol. The predicted octanol–water partition coefficient (Wildman–Crippen LogP) is 5.16. The molecule has 0 fully saturated rings. The van der Waals surface area contributed by atoms with Gasteiger partial charge >= 0.3 is 0 Å². The Morgan fingerprint density at radius 1 is 0.885 bits per heavy atom. The van der Waals surface area contributed by atoms with Gasteiger partial charge in [-0.2, -0.15) is 0 Å². The summed E-state index contributed by atoms with van der Waals surface area (Å²) in [5, 5.41) is 10.7. The first-order chi connectivity index (χ1) is 12.6. The summed E-state index contributed by atoms with van der Waals surface area (Å²) < 4.78 is 12.6. The maximum atomic E-state index is 8.59. The minimum Gasteiger partial charge on any atom is -0.496 e. The Kier molecular flexibility index (Phi) is 4.32. The molecule has 1 N–H and O–H groups in total. The van der Waals surface area contributed by atoms with E-state index in [2.05, 4.69) is 22.0 Å². The van der Waals surface area contributed by atoms with Gasteiger partial charge in [0.1, 0.15) is 17.3 Å². The van der Waals surface area contributed by atoms with Crippen LogP contribution in [-0.2, 0) is 13.0 Å². The van der Waals surface area contributed by atoms with Gasteiger partial charge in [-0.25, -0.2) is 0 Å². The SMILES string of the molecule is COc1c2c(c(OC)c3ccccc13)CN(c1ccc(Br)cc1)C(=N)C2. The normalized spacial score (nSPS) is 13.7. The van der Waals surface area contributed by atoms with Crippen molar-refractivity contribution in [1.29, 1.82) is 5.41 Å². The lowest BCUT2D eigenvalue weighted by molar-refractivity contribution is 0.402. The molecule has 0 unspecified atom stereocenters. The smallest absolute Gasteiger partial charge is 0.132 e. The van der Waals surface area contributed by atoms with Crippen LogP contribution >= 0.6 is 15.9 Å².